The lowest BCUT2D eigenvalue weighted by Gasteiger charge is -2.26. The summed E-state index contributed by atoms with van der Waals surface area (Å²) in [5, 5.41) is 11.3. The number of benzene rings is 1. The van der Waals surface area contributed by atoms with Gasteiger partial charge < -0.3 is 9.47 Å². The molecule has 0 bridgehead atoms. The number of nitriles is 1. The summed E-state index contributed by atoms with van der Waals surface area (Å²) in [6.07, 6.45) is 0. The molecule has 0 N–H and O–H groups in total. The molecule has 9 nitrogen and oxygen atoms in total. The van der Waals surface area contributed by atoms with Gasteiger partial charge in [-0.2, -0.15) is 9.57 Å². The number of aryl methyl sites for hydroxylation is 1. The summed E-state index contributed by atoms with van der Waals surface area (Å²) in [5.41, 5.74) is 0.800. The van der Waals surface area contributed by atoms with Gasteiger partial charge in [0.2, 0.25) is 10.0 Å². The van der Waals surface area contributed by atoms with Gasteiger partial charge in [0.1, 0.15) is 5.01 Å². The topological polar surface area (TPSA) is 127 Å². The molecule has 1 aromatic carbocycles. The van der Waals surface area contributed by atoms with Crippen LogP contribution < -0.4 is 0 Å². The predicted molar refractivity (Wildman–Crippen MR) is 107 cm³/mol. The molecular weight excluding hydrogens is 430 g/mol. The highest BCUT2D eigenvalue weighted by Gasteiger charge is 2.27. The van der Waals surface area contributed by atoms with Crippen LogP contribution in [0, 0.1) is 18.3 Å². The molecule has 0 spiro atoms. The first kappa shape index (κ1) is 22.0. The highest BCUT2D eigenvalue weighted by atomic mass is 32.2. The molecule has 3 rings (SSSR count). The molecule has 1 aromatic heterocycles. The Morgan fingerprint density at radius 3 is 2.53 bits per heavy atom. The van der Waals surface area contributed by atoms with E-state index in [2.05, 4.69) is 4.98 Å². The SMILES string of the molecule is Cc1csc(C(C#N)C(=O)COC(=O)c2ccc(S(=O)(=O)N3CCOCC3)cc2)n1. The van der Waals surface area contributed by atoms with E-state index in [-0.39, 0.29) is 23.5 Å². The van der Waals surface area contributed by atoms with Gasteiger partial charge in [-0.1, -0.05) is 0 Å². The van der Waals surface area contributed by atoms with Gasteiger partial charge in [0.15, 0.2) is 18.3 Å². The minimum Gasteiger partial charge on any atom is -0.454 e. The molecule has 11 heteroatoms. The normalized spacial score (nSPS) is 15.9. The number of hydrogen-bond acceptors (Lipinski definition) is 9. The molecular formula is C19H19N3O6S2. The van der Waals surface area contributed by atoms with E-state index in [0.717, 1.165) is 0 Å². The monoisotopic (exact) mass is 449 g/mol. The second-order valence-corrected chi connectivity index (χ2v) is 9.30. The summed E-state index contributed by atoms with van der Waals surface area (Å²) in [4.78, 5) is 28.7. The fourth-order valence-corrected chi connectivity index (χ4v) is 5.04. The number of nitrogens with zero attached hydrogens (tertiary/aromatic N) is 3. The lowest BCUT2D eigenvalue weighted by Crippen LogP contribution is -2.40. The Morgan fingerprint density at radius 1 is 1.30 bits per heavy atom. The summed E-state index contributed by atoms with van der Waals surface area (Å²) in [6, 6.07) is 7.17. The fourth-order valence-electron chi connectivity index (χ4n) is 2.77. The number of morpholine rings is 1. The first-order valence-electron chi connectivity index (χ1n) is 9.02. The Kier molecular flexibility index (Phi) is 6.94. The van der Waals surface area contributed by atoms with Crippen LogP contribution in [0.3, 0.4) is 0 Å². The Morgan fingerprint density at radius 2 is 1.97 bits per heavy atom. The number of sulfonamides is 1. The van der Waals surface area contributed by atoms with Crippen molar-refractivity contribution in [3.05, 3.63) is 45.9 Å². The number of carbonyl (C=O) groups is 2. The summed E-state index contributed by atoms with van der Waals surface area (Å²) < 4.78 is 36.7. The highest BCUT2D eigenvalue weighted by Crippen LogP contribution is 2.21. The van der Waals surface area contributed by atoms with Crippen LogP contribution in [0.4, 0.5) is 0 Å². The molecule has 0 amide bonds. The van der Waals surface area contributed by atoms with Crippen molar-refractivity contribution in [3.8, 4) is 6.07 Å². The zero-order valence-electron chi connectivity index (χ0n) is 16.1. The van der Waals surface area contributed by atoms with Crippen LogP contribution in [0.25, 0.3) is 0 Å². The molecule has 1 atom stereocenters. The third kappa shape index (κ3) is 4.91. The van der Waals surface area contributed by atoms with Crippen LogP contribution in [0.2, 0.25) is 0 Å². The number of hydrogen-bond donors (Lipinski definition) is 0. The van der Waals surface area contributed by atoms with Gasteiger partial charge >= 0.3 is 5.97 Å². The van der Waals surface area contributed by atoms with Crippen LogP contribution >= 0.6 is 11.3 Å². The zero-order valence-corrected chi connectivity index (χ0v) is 17.7. The molecule has 2 aromatic rings. The second-order valence-electron chi connectivity index (χ2n) is 6.47. The van der Waals surface area contributed by atoms with Gasteiger partial charge in [0, 0.05) is 24.2 Å². The molecule has 1 saturated heterocycles. The highest BCUT2D eigenvalue weighted by molar-refractivity contribution is 7.89. The van der Waals surface area contributed by atoms with Crippen LogP contribution in [-0.4, -0.2) is 62.4 Å². The van der Waals surface area contributed by atoms with Gasteiger partial charge in [-0.05, 0) is 31.2 Å². The summed E-state index contributed by atoms with van der Waals surface area (Å²) >= 11 is 1.19. The molecule has 1 fully saturated rings. The third-order valence-corrected chi connectivity index (χ3v) is 7.32. The van der Waals surface area contributed by atoms with E-state index in [1.54, 1.807) is 12.3 Å². The maximum atomic E-state index is 12.6. The van der Waals surface area contributed by atoms with E-state index >= 15 is 0 Å². The van der Waals surface area contributed by atoms with Gasteiger partial charge in [-0.3, -0.25) is 4.79 Å². The number of rotatable bonds is 7. The van der Waals surface area contributed by atoms with Crippen LogP contribution in [0.15, 0.2) is 34.5 Å². The number of carbonyl (C=O) groups excluding carboxylic acids is 2. The van der Waals surface area contributed by atoms with E-state index in [1.807, 2.05) is 6.07 Å². The lowest BCUT2D eigenvalue weighted by molar-refractivity contribution is -0.122. The van der Waals surface area contributed by atoms with E-state index in [1.165, 1.54) is 39.9 Å². The number of ether oxygens (including phenoxy) is 2. The first-order valence-corrected chi connectivity index (χ1v) is 11.3. The Balaban J connectivity index is 1.62. The van der Waals surface area contributed by atoms with Crippen molar-refractivity contribution in [1.29, 1.82) is 5.26 Å². The predicted octanol–water partition coefficient (Wildman–Crippen LogP) is 1.51. The van der Waals surface area contributed by atoms with Crippen molar-refractivity contribution in [1.82, 2.24) is 9.29 Å². The molecule has 2 heterocycles. The molecule has 1 aliphatic heterocycles. The van der Waals surface area contributed by atoms with E-state index in [4.69, 9.17) is 9.47 Å². The maximum Gasteiger partial charge on any atom is 0.338 e. The summed E-state index contributed by atoms with van der Waals surface area (Å²) in [6.45, 7) is 2.38. The number of Topliss-reactive ketones (excluding diaryl/α,β-unsaturated/α-hetero) is 1. The van der Waals surface area contributed by atoms with Gasteiger partial charge in [-0.15, -0.1) is 11.3 Å². The molecule has 30 heavy (non-hydrogen) atoms. The van der Waals surface area contributed by atoms with E-state index < -0.39 is 34.3 Å². The number of esters is 1. The molecule has 0 saturated carbocycles. The molecule has 0 radical (unpaired) electrons. The second kappa shape index (κ2) is 9.44. The smallest absolute Gasteiger partial charge is 0.338 e. The third-order valence-electron chi connectivity index (χ3n) is 4.38. The van der Waals surface area contributed by atoms with Crippen molar-refractivity contribution in [2.24, 2.45) is 0 Å². The minimum atomic E-state index is -3.67. The first-order chi connectivity index (χ1) is 14.3. The van der Waals surface area contributed by atoms with Crippen molar-refractivity contribution in [2.45, 2.75) is 17.7 Å². The summed E-state index contributed by atoms with van der Waals surface area (Å²) in [5.74, 6) is -2.46. The Hall–Kier alpha value is -2.65. The Labute approximate surface area is 177 Å². The molecule has 158 valence electrons. The molecule has 1 unspecified atom stereocenters. The van der Waals surface area contributed by atoms with Crippen molar-refractivity contribution in [2.75, 3.05) is 32.9 Å². The van der Waals surface area contributed by atoms with E-state index in [0.29, 0.717) is 23.9 Å². The lowest BCUT2D eigenvalue weighted by atomic mass is 10.1. The fraction of sp³-hybridized carbons (Fsp3) is 0.368. The number of aromatic nitrogens is 1. The molecule has 0 aliphatic carbocycles. The average Bonchev–Trinajstić information content (AvgIpc) is 3.19. The van der Waals surface area contributed by atoms with E-state index in [9.17, 15) is 23.3 Å². The van der Waals surface area contributed by atoms with Crippen molar-refractivity contribution >= 4 is 33.1 Å². The van der Waals surface area contributed by atoms with Crippen LogP contribution in [0.1, 0.15) is 27.0 Å². The zero-order chi connectivity index (χ0) is 21.7. The number of ketones is 1. The maximum absolute atomic E-state index is 12.6. The standard InChI is InChI=1S/C19H19N3O6S2/c1-13-12-29-18(21-13)16(10-20)17(23)11-28-19(24)14-2-4-15(5-3-14)30(25,26)22-6-8-27-9-7-22/h2-5,12,16H,6-9,11H2,1H3. The molecule has 1 aliphatic rings. The van der Waals surface area contributed by atoms with Crippen molar-refractivity contribution < 1.29 is 27.5 Å². The van der Waals surface area contributed by atoms with Crippen molar-refractivity contribution in [3.63, 3.8) is 0 Å². The van der Waals surface area contributed by atoms with Gasteiger partial charge in [-0.25, -0.2) is 18.2 Å². The quantitative estimate of drug-likeness (QED) is 0.582. The van der Waals surface area contributed by atoms with Gasteiger partial charge in [0.05, 0.1) is 29.7 Å². The Bertz CT molecular complexity index is 1070. The van der Waals surface area contributed by atoms with Gasteiger partial charge in [0.25, 0.3) is 0 Å². The average molecular weight is 450 g/mol. The largest absolute Gasteiger partial charge is 0.454 e. The number of thiazole rings is 1. The minimum absolute atomic E-state index is 0.0562. The summed E-state index contributed by atoms with van der Waals surface area (Å²) in [7, 11) is -3.67. The van der Waals surface area contributed by atoms with Crippen LogP contribution in [0.5, 0.6) is 0 Å². The van der Waals surface area contributed by atoms with Crippen LogP contribution in [-0.2, 0) is 24.3 Å².